The second-order valence-electron chi connectivity index (χ2n) is 4.21. The van der Waals surface area contributed by atoms with Crippen LogP contribution in [0, 0.1) is 0 Å². The van der Waals surface area contributed by atoms with Crippen LogP contribution in [0.3, 0.4) is 0 Å². The first-order chi connectivity index (χ1) is 7.83. The number of carbonyl (C=O) groups excluding carboxylic acids is 1. The highest BCUT2D eigenvalue weighted by atomic mass is 19.4. The number of Topliss-reactive ketones (excluding diaryl/α,β-unsaturated/α-hetero) is 1. The summed E-state index contributed by atoms with van der Waals surface area (Å²) in [5.74, 6) is -0.206. The molecule has 0 aliphatic heterocycles. The van der Waals surface area contributed by atoms with Crippen molar-refractivity contribution in [2.75, 3.05) is 0 Å². The Bertz CT molecular complexity index is 430. The van der Waals surface area contributed by atoms with E-state index in [0.29, 0.717) is 0 Å². The van der Waals surface area contributed by atoms with Crippen molar-refractivity contribution in [3.05, 3.63) is 29.8 Å². The van der Waals surface area contributed by atoms with E-state index in [0.717, 1.165) is 18.4 Å². The highest BCUT2D eigenvalue weighted by Gasteiger charge is 2.48. The summed E-state index contributed by atoms with van der Waals surface area (Å²) in [6.07, 6.45) is -3.15. The normalized spacial score (nSPS) is 17.6. The average Bonchev–Trinajstić information content (AvgIpc) is 2.97. The first kappa shape index (κ1) is 12.0. The second kappa shape index (κ2) is 3.75. The number of halogens is 3. The standard InChI is InChI=1S/C12H11F3O2/c1-8(16)11(6-7-11)9-2-4-10(5-3-9)17-12(13,14)15/h2-5H,6-7H2,1H3. The Kier molecular flexibility index (Phi) is 2.64. The van der Waals surface area contributed by atoms with Crippen LogP contribution in [0.5, 0.6) is 5.75 Å². The summed E-state index contributed by atoms with van der Waals surface area (Å²) in [7, 11) is 0. The van der Waals surface area contributed by atoms with Crippen LogP contribution in [0.25, 0.3) is 0 Å². The molecule has 92 valence electrons. The lowest BCUT2D eigenvalue weighted by atomic mass is 9.92. The average molecular weight is 244 g/mol. The number of alkyl halides is 3. The predicted octanol–water partition coefficient (Wildman–Crippen LogP) is 3.21. The molecule has 2 rings (SSSR count). The number of hydrogen-bond donors (Lipinski definition) is 0. The molecule has 1 aromatic carbocycles. The van der Waals surface area contributed by atoms with Crippen molar-refractivity contribution in [2.45, 2.75) is 31.5 Å². The fraction of sp³-hybridized carbons (Fsp3) is 0.417. The Hall–Kier alpha value is -1.52. The van der Waals surface area contributed by atoms with Crippen molar-refractivity contribution in [1.29, 1.82) is 0 Å². The second-order valence-corrected chi connectivity index (χ2v) is 4.21. The molecule has 0 unspecified atom stereocenters. The van der Waals surface area contributed by atoms with Gasteiger partial charge < -0.3 is 4.74 Å². The van der Waals surface area contributed by atoms with Gasteiger partial charge in [0.05, 0.1) is 5.41 Å². The summed E-state index contributed by atoms with van der Waals surface area (Å²) >= 11 is 0. The molecule has 2 nitrogen and oxygen atoms in total. The van der Waals surface area contributed by atoms with Crippen LogP contribution in [-0.4, -0.2) is 12.1 Å². The van der Waals surface area contributed by atoms with Crippen LogP contribution in [0.15, 0.2) is 24.3 Å². The van der Waals surface area contributed by atoms with Gasteiger partial charge in [-0.15, -0.1) is 13.2 Å². The zero-order valence-electron chi connectivity index (χ0n) is 9.17. The third kappa shape index (κ3) is 2.43. The summed E-state index contributed by atoms with van der Waals surface area (Å²) in [6.45, 7) is 1.51. The molecule has 0 bridgehead atoms. The van der Waals surface area contributed by atoms with Crippen molar-refractivity contribution in [3.8, 4) is 5.75 Å². The number of benzene rings is 1. The van der Waals surface area contributed by atoms with Gasteiger partial charge in [0.15, 0.2) is 0 Å². The maximum Gasteiger partial charge on any atom is 0.573 e. The van der Waals surface area contributed by atoms with Gasteiger partial charge in [0.1, 0.15) is 11.5 Å². The van der Waals surface area contributed by atoms with Gasteiger partial charge in [-0.2, -0.15) is 0 Å². The molecule has 1 aliphatic carbocycles. The Morgan fingerprint density at radius 2 is 1.76 bits per heavy atom. The molecule has 5 heteroatoms. The van der Waals surface area contributed by atoms with E-state index in [1.807, 2.05) is 0 Å². The van der Waals surface area contributed by atoms with Gasteiger partial charge in [-0.25, -0.2) is 0 Å². The lowest BCUT2D eigenvalue weighted by Crippen LogP contribution is -2.18. The Labute approximate surface area is 96.4 Å². The number of hydrogen-bond acceptors (Lipinski definition) is 2. The van der Waals surface area contributed by atoms with Crippen molar-refractivity contribution in [3.63, 3.8) is 0 Å². The van der Waals surface area contributed by atoms with Crippen LogP contribution < -0.4 is 4.74 Å². The number of ketones is 1. The molecule has 1 aliphatic rings. The molecule has 0 amide bonds. The van der Waals surface area contributed by atoms with E-state index in [1.165, 1.54) is 31.2 Å². The minimum absolute atomic E-state index is 0.0574. The molecule has 0 atom stereocenters. The first-order valence-electron chi connectivity index (χ1n) is 5.21. The molecule has 0 heterocycles. The van der Waals surface area contributed by atoms with E-state index in [4.69, 9.17) is 0 Å². The quantitative estimate of drug-likeness (QED) is 0.816. The predicted molar refractivity (Wildman–Crippen MR) is 54.7 cm³/mol. The summed E-state index contributed by atoms with van der Waals surface area (Å²) in [4.78, 5) is 11.4. The first-order valence-corrected chi connectivity index (χ1v) is 5.21. The molecule has 0 radical (unpaired) electrons. The maximum absolute atomic E-state index is 11.9. The smallest absolute Gasteiger partial charge is 0.406 e. The van der Waals surface area contributed by atoms with E-state index in [-0.39, 0.29) is 11.5 Å². The lowest BCUT2D eigenvalue weighted by molar-refractivity contribution is -0.274. The van der Waals surface area contributed by atoms with Gasteiger partial charge in [0.2, 0.25) is 0 Å². The molecular formula is C12H11F3O2. The molecule has 0 spiro atoms. The van der Waals surface area contributed by atoms with Crippen LogP contribution in [0.1, 0.15) is 25.3 Å². The highest BCUT2D eigenvalue weighted by molar-refractivity contribution is 5.91. The van der Waals surface area contributed by atoms with Crippen LogP contribution in [-0.2, 0) is 10.2 Å². The third-order valence-corrected chi connectivity index (χ3v) is 3.06. The van der Waals surface area contributed by atoms with Crippen molar-refractivity contribution in [2.24, 2.45) is 0 Å². The summed E-state index contributed by atoms with van der Waals surface area (Å²) in [5.41, 5.74) is 0.302. The van der Waals surface area contributed by atoms with Crippen LogP contribution >= 0.6 is 0 Å². The van der Waals surface area contributed by atoms with E-state index >= 15 is 0 Å². The van der Waals surface area contributed by atoms with Gasteiger partial charge in [-0.1, -0.05) is 12.1 Å². The van der Waals surface area contributed by atoms with Gasteiger partial charge in [0, 0.05) is 0 Å². The summed E-state index contributed by atoms with van der Waals surface area (Å²) < 4.78 is 39.6. The van der Waals surface area contributed by atoms with Crippen molar-refractivity contribution in [1.82, 2.24) is 0 Å². The Balaban J connectivity index is 2.17. The monoisotopic (exact) mass is 244 g/mol. The molecule has 0 saturated heterocycles. The minimum atomic E-state index is -4.68. The molecule has 17 heavy (non-hydrogen) atoms. The molecular weight excluding hydrogens is 233 g/mol. The van der Waals surface area contributed by atoms with Gasteiger partial charge in [-0.05, 0) is 37.5 Å². The van der Waals surface area contributed by atoms with E-state index in [2.05, 4.69) is 4.74 Å². The zero-order chi connectivity index (χ0) is 12.7. The third-order valence-electron chi connectivity index (χ3n) is 3.06. The van der Waals surface area contributed by atoms with Gasteiger partial charge >= 0.3 is 6.36 Å². The zero-order valence-corrected chi connectivity index (χ0v) is 9.17. The van der Waals surface area contributed by atoms with Crippen LogP contribution in [0.2, 0.25) is 0 Å². The summed E-state index contributed by atoms with van der Waals surface area (Å²) in [5, 5.41) is 0. The van der Waals surface area contributed by atoms with Crippen molar-refractivity contribution >= 4 is 5.78 Å². The number of rotatable bonds is 3. The Morgan fingerprint density at radius 1 is 1.24 bits per heavy atom. The number of ether oxygens (including phenoxy) is 1. The molecule has 1 aromatic rings. The maximum atomic E-state index is 11.9. The molecule has 1 fully saturated rings. The molecule has 0 aromatic heterocycles. The largest absolute Gasteiger partial charge is 0.573 e. The van der Waals surface area contributed by atoms with E-state index in [1.54, 1.807) is 0 Å². The molecule has 0 N–H and O–H groups in total. The van der Waals surface area contributed by atoms with Crippen LogP contribution in [0.4, 0.5) is 13.2 Å². The topological polar surface area (TPSA) is 26.3 Å². The van der Waals surface area contributed by atoms with E-state index < -0.39 is 11.8 Å². The highest BCUT2D eigenvalue weighted by Crippen LogP contribution is 2.49. The van der Waals surface area contributed by atoms with Gasteiger partial charge in [-0.3, -0.25) is 4.79 Å². The lowest BCUT2D eigenvalue weighted by Gasteiger charge is -2.13. The number of carbonyl (C=O) groups is 1. The van der Waals surface area contributed by atoms with Gasteiger partial charge in [0.25, 0.3) is 0 Å². The molecule has 1 saturated carbocycles. The summed E-state index contributed by atoms with van der Waals surface area (Å²) in [6, 6.07) is 5.53. The minimum Gasteiger partial charge on any atom is -0.406 e. The fourth-order valence-corrected chi connectivity index (χ4v) is 1.94. The fourth-order valence-electron chi connectivity index (χ4n) is 1.94. The Morgan fingerprint density at radius 3 is 2.12 bits per heavy atom. The van der Waals surface area contributed by atoms with E-state index in [9.17, 15) is 18.0 Å². The SMILES string of the molecule is CC(=O)C1(c2ccc(OC(F)(F)F)cc2)CC1. The van der Waals surface area contributed by atoms with Crippen molar-refractivity contribution < 1.29 is 22.7 Å².